The summed E-state index contributed by atoms with van der Waals surface area (Å²) < 4.78 is 7.70. The fourth-order valence-corrected chi connectivity index (χ4v) is 6.17. The zero-order chi connectivity index (χ0) is 13.2. The van der Waals surface area contributed by atoms with Crippen molar-refractivity contribution in [2.75, 3.05) is 11.0 Å². The van der Waals surface area contributed by atoms with Crippen molar-refractivity contribution in [2.24, 2.45) is 17.3 Å². The molecule has 0 N–H and O–H groups in total. The number of halogens is 1. The lowest BCUT2D eigenvalue weighted by Crippen LogP contribution is -2.53. The first-order valence-electron chi connectivity index (χ1n) is 7.78. The van der Waals surface area contributed by atoms with Crippen LogP contribution in [0.5, 0.6) is 0 Å². The van der Waals surface area contributed by atoms with E-state index in [0.29, 0.717) is 5.41 Å². The number of hydrogen-bond acceptors (Lipinski definition) is 1. The van der Waals surface area contributed by atoms with E-state index in [-0.39, 0.29) is 5.60 Å². The summed E-state index contributed by atoms with van der Waals surface area (Å²) in [5.41, 5.74) is 0.574. The number of fused-ring (bicyclic) bond motifs is 2. The van der Waals surface area contributed by atoms with E-state index < -0.39 is 0 Å². The molecule has 2 bridgehead atoms. The molecule has 0 heterocycles. The standard InChI is InChI=1S/C16H29IO/c1-4-5-6-7-10-18-16(12-17)14-9-8-13(11-14)15(16,2)3/h13-14H,4-12H2,1-3H3. The van der Waals surface area contributed by atoms with Gasteiger partial charge in [-0.05, 0) is 42.9 Å². The van der Waals surface area contributed by atoms with Gasteiger partial charge in [0.15, 0.2) is 0 Å². The topological polar surface area (TPSA) is 9.23 Å². The van der Waals surface area contributed by atoms with Gasteiger partial charge in [-0.25, -0.2) is 0 Å². The maximum absolute atomic E-state index is 6.53. The van der Waals surface area contributed by atoms with Crippen molar-refractivity contribution < 1.29 is 4.74 Å². The van der Waals surface area contributed by atoms with Crippen molar-refractivity contribution in [1.82, 2.24) is 0 Å². The summed E-state index contributed by atoms with van der Waals surface area (Å²) in [6.07, 6.45) is 9.53. The Kier molecular flexibility index (Phi) is 5.02. The minimum atomic E-state index is 0.183. The third kappa shape index (κ3) is 2.36. The van der Waals surface area contributed by atoms with Gasteiger partial charge in [0, 0.05) is 11.0 Å². The Morgan fingerprint density at radius 3 is 2.39 bits per heavy atom. The van der Waals surface area contributed by atoms with Gasteiger partial charge in [-0.2, -0.15) is 0 Å². The van der Waals surface area contributed by atoms with Crippen LogP contribution in [0, 0.1) is 17.3 Å². The van der Waals surface area contributed by atoms with Crippen LogP contribution >= 0.6 is 22.6 Å². The quantitative estimate of drug-likeness (QED) is 0.342. The predicted molar refractivity (Wildman–Crippen MR) is 86.3 cm³/mol. The molecule has 0 aliphatic heterocycles. The maximum atomic E-state index is 6.53. The maximum Gasteiger partial charge on any atom is 0.0852 e. The lowest BCUT2D eigenvalue weighted by molar-refractivity contribution is -0.136. The van der Waals surface area contributed by atoms with Crippen LogP contribution in [0.4, 0.5) is 0 Å². The first kappa shape index (κ1) is 15.1. The van der Waals surface area contributed by atoms with Gasteiger partial charge in [0.2, 0.25) is 0 Å². The van der Waals surface area contributed by atoms with Crippen LogP contribution in [0.25, 0.3) is 0 Å². The highest BCUT2D eigenvalue weighted by Gasteiger charge is 2.63. The molecule has 2 rings (SSSR count). The van der Waals surface area contributed by atoms with Gasteiger partial charge in [0.25, 0.3) is 0 Å². The molecule has 0 aromatic rings. The highest BCUT2D eigenvalue weighted by molar-refractivity contribution is 14.1. The minimum Gasteiger partial charge on any atom is -0.373 e. The molecule has 3 atom stereocenters. The number of unbranched alkanes of at least 4 members (excludes halogenated alkanes) is 3. The Balaban J connectivity index is 1.94. The number of rotatable bonds is 7. The van der Waals surface area contributed by atoms with Gasteiger partial charge in [-0.3, -0.25) is 0 Å². The smallest absolute Gasteiger partial charge is 0.0852 e. The molecule has 1 nitrogen and oxygen atoms in total. The summed E-state index contributed by atoms with van der Waals surface area (Å²) in [5, 5.41) is 0. The first-order valence-corrected chi connectivity index (χ1v) is 9.31. The SMILES string of the molecule is CCCCCCOC1(CI)C2CCC(C2)C1(C)C. The molecule has 18 heavy (non-hydrogen) atoms. The van der Waals surface area contributed by atoms with E-state index in [1.54, 1.807) is 0 Å². The highest BCUT2D eigenvalue weighted by atomic mass is 127. The van der Waals surface area contributed by atoms with Gasteiger partial charge in [0.1, 0.15) is 0 Å². The summed E-state index contributed by atoms with van der Waals surface area (Å²) in [6.45, 7) is 8.17. The van der Waals surface area contributed by atoms with E-state index in [1.807, 2.05) is 0 Å². The van der Waals surface area contributed by atoms with Crippen LogP contribution in [0.3, 0.4) is 0 Å². The molecule has 2 heteroatoms. The average Bonchev–Trinajstić information content (AvgIpc) is 2.90. The zero-order valence-corrected chi connectivity index (χ0v) is 14.5. The molecule has 2 fully saturated rings. The highest BCUT2D eigenvalue weighted by Crippen LogP contribution is 2.63. The monoisotopic (exact) mass is 364 g/mol. The molecule has 2 saturated carbocycles. The summed E-state index contributed by atoms with van der Waals surface area (Å²) in [7, 11) is 0. The summed E-state index contributed by atoms with van der Waals surface area (Å²) >= 11 is 2.57. The molecule has 0 saturated heterocycles. The molecule has 2 aliphatic rings. The molecule has 0 amide bonds. The summed E-state index contributed by atoms with van der Waals surface area (Å²) in [4.78, 5) is 0. The van der Waals surface area contributed by atoms with E-state index in [1.165, 1.54) is 49.4 Å². The Morgan fingerprint density at radius 1 is 1.11 bits per heavy atom. The van der Waals surface area contributed by atoms with Crippen LogP contribution in [-0.4, -0.2) is 16.6 Å². The normalized spacial score (nSPS) is 37.3. The summed E-state index contributed by atoms with van der Waals surface area (Å²) in [6, 6.07) is 0. The Morgan fingerprint density at radius 2 is 1.83 bits per heavy atom. The molecule has 0 spiro atoms. The number of ether oxygens (including phenoxy) is 1. The van der Waals surface area contributed by atoms with Gasteiger partial charge >= 0.3 is 0 Å². The lowest BCUT2D eigenvalue weighted by atomic mass is 9.66. The second-order valence-corrected chi connectivity index (χ2v) is 7.62. The molecule has 2 aliphatic carbocycles. The van der Waals surface area contributed by atoms with Gasteiger partial charge < -0.3 is 4.74 Å². The van der Waals surface area contributed by atoms with Gasteiger partial charge in [0.05, 0.1) is 5.60 Å². The van der Waals surface area contributed by atoms with Crippen molar-refractivity contribution in [2.45, 2.75) is 71.3 Å². The Bertz CT molecular complexity index is 276. The second kappa shape index (κ2) is 5.99. The fourth-order valence-electron chi connectivity index (χ4n) is 4.34. The number of hydrogen-bond donors (Lipinski definition) is 0. The van der Waals surface area contributed by atoms with Crippen LogP contribution in [-0.2, 0) is 4.74 Å². The minimum absolute atomic E-state index is 0.183. The molecular weight excluding hydrogens is 335 g/mol. The van der Waals surface area contributed by atoms with Crippen molar-refractivity contribution >= 4 is 22.6 Å². The van der Waals surface area contributed by atoms with Crippen molar-refractivity contribution in [3.05, 3.63) is 0 Å². The molecule has 0 radical (unpaired) electrons. The molecule has 0 aromatic heterocycles. The Hall–Kier alpha value is 0.690. The van der Waals surface area contributed by atoms with Crippen LogP contribution in [0.1, 0.15) is 65.7 Å². The lowest BCUT2D eigenvalue weighted by Gasteiger charge is -2.49. The third-order valence-electron chi connectivity index (χ3n) is 5.76. The fraction of sp³-hybridized carbons (Fsp3) is 1.00. The largest absolute Gasteiger partial charge is 0.373 e. The van der Waals surface area contributed by atoms with Crippen molar-refractivity contribution in [3.63, 3.8) is 0 Å². The van der Waals surface area contributed by atoms with E-state index in [2.05, 4.69) is 43.4 Å². The van der Waals surface area contributed by atoms with Gasteiger partial charge in [-0.15, -0.1) is 0 Å². The van der Waals surface area contributed by atoms with Crippen LogP contribution in [0.15, 0.2) is 0 Å². The first-order chi connectivity index (χ1) is 8.58. The van der Waals surface area contributed by atoms with E-state index in [0.717, 1.165) is 18.4 Å². The second-order valence-electron chi connectivity index (χ2n) is 6.86. The molecule has 0 aromatic carbocycles. The van der Waals surface area contributed by atoms with Crippen molar-refractivity contribution in [3.8, 4) is 0 Å². The van der Waals surface area contributed by atoms with Gasteiger partial charge in [-0.1, -0.05) is 62.6 Å². The van der Waals surface area contributed by atoms with Crippen LogP contribution < -0.4 is 0 Å². The van der Waals surface area contributed by atoms with E-state index >= 15 is 0 Å². The number of alkyl halides is 1. The van der Waals surface area contributed by atoms with E-state index in [4.69, 9.17) is 4.74 Å². The summed E-state index contributed by atoms with van der Waals surface area (Å²) in [5.74, 6) is 1.74. The molecule has 106 valence electrons. The average molecular weight is 364 g/mol. The predicted octanol–water partition coefficient (Wildman–Crippen LogP) is 5.21. The zero-order valence-electron chi connectivity index (χ0n) is 12.3. The van der Waals surface area contributed by atoms with Crippen LogP contribution in [0.2, 0.25) is 0 Å². The third-order valence-corrected chi connectivity index (χ3v) is 6.89. The van der Waals surface area contributed by atoms with E-state index in [9.17, 15) is 0 Å². The molecular formula is C16H29IO. The Labute approximate surface area is 127 Å². The van der Waals surface area contributed by atoms with Crippen molar-refractivity contribution in [1.29, 1.82) is 0 Å². The molecule has 3 unspecified atom stereocenters.